The van der Waals surface area contributed by atoms with Crippen molar-refractivity contribution < 1.29 is 0 Å². The molecule has 0 aliphatic heterocycles. The molecule has 0 aliphatic rings. The van der Waals surface area contributed by atoms with Crippen molar-refractivity contribution in [1.82, 2.24) is 4.98 Å². The summed E-state index contributed by atoms with van der Waals surface area (Å²) in [5, 5.41) is 6.00. The van der Waals surface area contributed by atoms with Crippen molar-refractivity contribution in [3.8, 4) is 0 Å². The molecule has 1 aromatic carbocycles. The van der Waals surface area contributed by atoms with Crippen LogP contribution in [0.15, 0.2) is 29.1 Å². The van der Waals surface area contributed by atoms with Gasteiger partial charge in [0.05, 0.1) is 27.5 Å². The summed E-state index contributed by atoms with van der Waals surface area (Å²) < 4.78 is 1.13. The number of hydrogen-bond acceptors (Lipinski definition) is 5. The van der Waals surface area contributed by atoms with Gasteiger partial charge < -0.3 is 11.1 Å². The van der Waals surface area contributed by atoms with E-state index in [0.29, 0.717) is 11.6 Å². The number of nitrogen functional groups attached to an aromatic ring is 1. The lowest BCUT2D eigenvalue weighted by Gasteiger charge is -2.08. The third kappa shape index (κ3) is 2.05. The number of nitrogens with zero attached hydrogens (tertiary/aromatic N) is 1. The zero-order chi connectivity index (χ0) is 12.5. The highest BCUT2D eigenvalue weighted by atomic mass is 35.5. The van der Waals surface area contributed by atoms with E-state index in [4.69, 9.17) is 17.3 Å². The summed E-state index contributed by atoms with van der Waals surface area (Å²) in [5.74, 6) is 0. The van der Waals surface area contributed by atoms with Gasteiger partial charge in [-0.1, -0.05) is 11.6 Å². The molecular weight excluding hydrogens is 286 g/mol. The van der Waals surface area contributed by atoms with Crippen molar-refractivity contribution in [3.05, 3.63) is 39.0 Å². The van der Waals surface area contributed by atoms with Gasteiger partial charge in [-0.15, -0.1) is 22.7 Å². The normalized spacial score (nSPS) is 10.9. The second kappa shape index (κ2) is 4.76. The Morgan fingerprint density at radius 3 is 2.94 bits per heavy atom. The third-order valence-corrected chi connectivity index (χ3v) is 4.70. The molecule has 0 spiro atoms. The monoisotopic (exact) mass is 295 g/mol. The maximum absolute atomic E-state index is 6.21. The molecule has 0 bridgehead atoms. The molecule has 3 rings (SSSR count). The Bertz CT molecular complexity index is 690. The Morgan fingerprint density at radius 1 is 1.28 bits per heavy atom. The molecule has 0 aliphatic carbocycles. The minimum atomic E-state index is 0.667. The Hall–Kier alpha value is -1.30. The lowest BCUT2D eigenvalue weighted by atomic mass is 10.2. The first-order valence-electron chi connectivity index (χ1n) is 5.33. The first kappa shape index (κ1) is 11.8. The third-order valence-electron chi connectivity index (χ3n) is 2.66. The first-order chi connectivity index (χ1) is 8.75. The van der Waals surface area contributed by atoms with Gasteiger partial charge in [-0.05, 0) is 23.6 Å². The van der Waals surface area contributed by atoms with Crippen LogP contribution < -0.4 is 11.1 Å². The van der Waals surface area contributed by atoms with E-state index in [0.717, 1.165) is 26.5 Å². The van der Waals surface area contributed by atoms with Crippen molar-refractivity contribution in [1.29, 1.82) is 0 Å². The summed E-state index contributed by atoms with van der Waals surface area (Å²) in [4.78, 5) is 5.46. The maximum atomic E-state index is 6.21. The van der Waals surface area contributed by atoms with Crippen molar-refractivity contribution in [2.24, 2.45) is 0 Å². The number of anilines is 2. The summed E-state index contributed by atoms with van der Waals surface area (Å²) in [7, 11) is 0. The van der Waals surface area contributed by atoms with Gasteiger partial charge in [-0.25, -0.2) is 4.98 Å². The zero-order valence-corrected chi connectivity index (χ0v) is 11.7. The number of thiophene rings is 1. The second-order valence-electron chi connectivity index (χ2n) is 3.77. The molecule has 3 nitrogen and oxygen atoms in total. The summed E-state index contributed by atoms with van der Waals surface area (Å²) >= 11 is 9.45. The molecular formula is C12H10ClN3S2. The van der Waals surface area contributed by atoms with Crippen LogP contribution >= 0.6 is 34.3 Å². The molecule has 2 aromatic heterocycles. The average molecular weight is 296 g/mol. The van der Waals surface area contributed by atoms with Crippen LogP contribution in [0.2, 0.25) is 5.02 Å². The molecule has 0 amide bonds. The van der Waals surface area contributed by atoms with E-state index < -0.39 is 0 Å². The average Bonchev–Trinajstić information content (AvgIpc) is 2.97. The molecule has 0 atom stereocenters. The van der Waals surface area contributed by atoms with Gasteiger partial charge in [-0.2, -0.15) is 0 Å². The molecule has 6 heteroatoms. The van der Waals surface area contributed by atoms with Gasteiger partial charge in [0.15, 0.2) is 0 Å². The van der Waals surface area contributed by atoms with Crippen molar-refractivity contribution in [2.45, 2.75) is 6.54 Å². The predicted octanol–water partition coefficient (Wildman–Crippen LogP) is 4.21. The van der Waals surface area contributed by atoms with Gasteiger partial charge in [-0.3, -0.25) is 0 Å². The molecule has 3 aromatic rings. The number of benzene rings is 1. The second-order valence-corrected chi connectivity index (χ2v) is 6.07. The van der Waals surface area contributed by atoms with Crippen LogP contribution in [0.4, 0.5) is 11.4 Å². The van der Waals surface area contributed by atoms with Crippen LogP contribution in [0.3, 0.4) is 0 Å². The first-order valence-corrected chi connectivity index (χ1v) is 7.47. The highest BCUT2D eigenvalue weighted by molar-refractivity contribution is 7.16. The van der Waals surface area contributed by atoms with Crippen molar-refractivity contribution in [2.75, 3.05) is 11.1 Å². The molecule has 0 fully saturated rings. The number of fused-ring (bicyclic) bond motifs is 1. The zero-order valence-electron chi connectivity index (χ0n) is 9.31. The number of nitrogens with two attached hydrogens (primary N) is 1. The number of thiazole rings is 1. The van der Waals surface area contributed by atoms with E-state index in [1.54, 1.807) is 22.7 Å². The molecule has 0 unspecified atom stereocenters. The van der Waals surface area contributed by atoms with E-state index in [1.807, 2.05) is 29.1 Å². The fourth-order valence-corrected chi connectivity index (χ4v) is 3.38. The molecule has 18 heavy (non-hydrogen) atoms. The van der Waals surface area contributed by atoms with E-state index >= 15 is 0 Å². The fourth-order valence-electron chi connectivity index (χ4n) is 1.74. The van der Waals surface area contributed by atoms with Gasteiger partial charge >= 0.3 is 0 Å². The summed E-state index contributed by atoms with van der Waals surface area (Å²) in [5.41, 5.74) is 10.3. The predicted molar refractivity (Wildman–Crippen MR) is 80.7 cm³/mol. The van der Waals surface area contributed by atoms with E-state index in [2.05, 4.69) is 10.3 Å². The van der Waals surface area contributed by atoms with Crippen LogP contribution in [0.1, 0.15) is 4.88 Å². The van der Waals surface area contributed by atoms with Gasteiger partial charge in [0.2, 0.25) is 0 Å². The largest absolute Gasteiger partial charge is 0.398 e. The molecule has 0 saturated carbocycles. The van der Waals surface area contributed by atoms with E-state index in [-0.39, 0.29) is 0 Å². The smallest absolute Gasteiger partial charge is 0.106 e. The molecule has 2 heterocycles. The number of halogens is 1. The number of nitrogens with one attached hydrogen (secondary N) is 1. The van der Waals surface area contributed by atoms with E-state index in [1.165, 1.54) is 0 Å². The standard InChI is InChI=1S/C12H10ClN3S2/c13-7-1-2-9-12(16-6-18-9)11(7)15-5-10-8(14)3-4-17-10/h1-4,6,15H,5,14H2. The van der Waals surface area contributed by atoms with Gasteiger partial charge in [0.1, 0.15) is 5.52 Å². The number of rotatable bonds is 3. The molecule has 3 N–H and O–H groups in total. The van der Waals surface area contributed by atoms with Crippen LogP contribution in [-0.2, 0) is 6.54 Å². The van der Waals surface area contributed by atoms with Crippen LogP contribution in [0.25, 0.3) is 10.2 Å². The van der Waals surface area contributed by atoms with Crippen LogP contribution in [-0.4, -0.2) is 4.98 Å². The van der Waals surface area contributed by atoms with E-state index in [9.17, 15) is 0 Å². The lowest BCUT2D eigenvalue weighted by Crippen LogP contribution is -2.01. The molecule has 92 valence electrons. The summed E-state index contributed by atoms with van der Waals surface area (Å²) in [6, 6.07) is 5.79. The highest BCUT2D eigenvalue weighted by Crippen LogP contribution is 2.33. The Labute approximate surface area is 117 Å². The summed E-state index contributed by atoms with van der Waals surface area (Å²) in [6.07, 6.45) is 0. The van der Waals surface area contributed by atoms with Crippen LogP contribution in [0, 0.1) is 0 Å². The Balaban J connectivity index is 1.92. The van der Waals surface area contributed by atoms with Crippen molar-refractivity contribution >= 4 is 55.9 Å². The SMILES string of the molecule is Nc1ccsc1CNc1c(Cl)ccc2scnc12. The van der Waals surface area contributed by atoms with Gasteiger partial charge in [0, 0.05) is 10.6 Å². The minimum absolute atomic E-state index is 0.667. The topological polar surface area (TPSA) is 50.9 Å². The Kier molecular flexibility index (Phi) is 3.11. The molecule has 0 saturated heterocycles. The molecule has 0 radical (unpaired) electrons. The van der Waals surface area contributed by atoms with Crippen molar-refractivity contribution in [3.63, 3.8) is 0 Å². The lowest BCUT2D eigenvalue weighted by molar-refractivity contribution is 1.20. The van der Waals surface area contributed by atoms with Crippen LogP contribution in [0.5, 0.6) is 0 Å². The quantitative estimate of drug-likeness (QED) is 0.761. The minimum Gasteiger partial charge on any atom is -0.398 e. The highest BCUT2D eigenvalue weighted by Gasteiger charge is 2.09. The Morgan fingerprint density at radius 2 is 2.17 bits per heavy atom. The summed E-state index contributed by atoms with van der Waals surface area (Å²) in [6.45, 7) is 0.667. The number of hydrogen-bond donors (Lipinski definition) is 2. The van der Waals surface area contributed by atoms with Gasteiger partial charge in [0.25, 0.3) is 0 Å². The maximum Gasteiger partial charge on any atom is 0.106 e. The fraction of sp³-hybridized carbons (Fsp3) is 0.0833. The number of aromatic nitrogens is 1.